The normalized spacial score (nSPS) is 8.18. The number of hydrogen-bond donors (Lipinski definition) is 1. The van der Waals surface area contributed by atoms with Crippen LogP contribution < -0.4 is 0 Å². The van der Waals surface area contributed by atoms with Gasteiger partial charge in [-0.1, -0.05) is 39.0 Å². The van der Waals surface area contributed by atoms with Crippen molar-refractivity contribution >= 4 is 0 Å². The Morgan fingerprint density at radius 1 is 1.09 bits per heavy atom. The minimum Gasteiger partial charge on any atom is -0.566 e. The molecule has 0 aromatic heterocycles. The molecule has 0 unspecified atom stereocenters. The molecule has 0 saturated heterocycles. The van der Waals surface area contributed by atoms with E-state index < -0.39 is 0 Å². The molecule has 2 radical (unpaired) electrons. The third-order valence-electron chi connectivity index (χ3n) is 1.44. The van der Waals surface area contributed by atoms with Crippen LogP contribution in [0.2, 0.25) is 0 Å². The SMILES string of the molecule is CCCCCCC[CH-]O.[Nb].[Ta]. The van der Waals surface area contributed by atoms with E-state index in [1.54, 1.807) is 0 Å². The minimum atomic E-state index is 0. The molecule has 1 N–H and O–H groups in total. The Hall–Kier alpha value is 1.44. The molecule has 11 heavy (non-hydrogen) atoms. The predicted molar refractivity (Wildman–Crippen MR) is 39.6 cm³/mol. The summed E-state index contributed by atoms with van der Waals surface area (Å²) in [6, 6.07) is 0. The van der Waals surface area contributed by atoms with E-state index in [1.807, 2.05) is 0 Å². The fraction of sp³-hybridized carbons (Fsp3) is 0.875. The Morgan fingerprint density at radius 3 is 2.09 bits per heavy atom. The van der Waals surface area contributed by atoms with E-state index in [-0.39, 0.29) is 44.8 Å². The van der Waals surface area contributed by atoms with Crippen LogP contribution in [-0.2, 0) is 44.8 Å². The van der Waals surface area contributed by atoms with Gasteiger partial charge in [0.1, 0.15) is 0 Å². The quantitative estimate of drug-likeness (QED) is 0.411. The Bertz CT molecular complexity index is 47.4. The third-order valence-corrected chi connectivity index (χ3v) is 1.44. The Labute approximate surface area is 101 Å². The second-order valence-corrected chi connectivity index (χ2v) is 2.39. The molecule has 0 saturated carbocycles. The van der Waals surface area contributed by atoms with Crippen molar-refractivity contribution in [3.8, 4) is 0 Å². The van der Waals surface area contributed by atoms with E-state index in [2.05, 4.69) is 6.92 Å². The maximum absolute atomic E-state index is 8.30. The first-order valence-corrected chi connectivity index (χ1v) is 3.87. The first-order valence-electron chi connectivity index (χ1n) is 3.87. The molecule has 0 aliphatic rings. The Kier molecular flexibility index (Phi) is 29.1. The monoisotopic (exact) mass is 403 g/mol. The van der Waals surface area contributed by atoms with Gasteiger partial charge in [0.2, 0.25) is 0 Å². The van der Waals surface area contributed by atoms with Gasteiger partial charge in [0.05, 0.1) is 0 Å². The van der Waals surface area contributed by atoms with Crippen LogP contribution in [0.15, 0.2) is 0 Å². The van der Waals surface area contributed by atoms with Crippen LogP contribution >= 0.6 is 0 Å². The number of unbranched alkanes of at least 4 members (excludes halogenated alkanes) is 5. The van der Waals surface area contributed by atoms with Crippen LogP contribution in [0.5, 0.6) is 0 Å². The zero-order chi connectivity index (χ0) is 6.95. The summed E-state index contributed by atoms with van der Waals surface area (Å²) in [4.78, 5) is 0. The van der Waals surface area contributed by atoms with Crippen molar-refractivity contribution in [2.24, 2.45) is 0 Å². The maximum atomic E-state index is 8.30. The van der Waals surface area contributed by atoms with Crippen molar-refractivity contribution in [3.63, 3.8) is 0 Å². The van der Waals surface area contributed by atoms with Crippen LogP contribution in [-0.4, -0.2) is 5.11 Å². The van der Waals surface area contributed by atoms with Crippen LogP contribution in [0.3, 0.4) is 0 Å². The van der Waals surface area contributed by atoms with Crippen LogP contribution in [0.4, 0.5) is 0 Å². The zero-order valence-corrected chi connectivity index (χ0v) is 12.6. The molecule has 0 heterocycles. The number of rotatable bonds is 6. The first kappa shape index (κ1) is 18.3. The summed E-state index contributed by atoms with van der Waals surface area (Å²) in [5.74, 6) is 0. The summed E-state index contributed by atoms with van der Waals surface area (Å²) < 4.78 is 0. The smallest absolute Gasteiger partial charge is 0 e. The number of aliphatic hydroxyl groups is 1. The first-order chi connectivity index (χ1) is 4.41. The van der Waals surface area contributed by atoms with Gasteiger partial charge < -0.3 is 5.11 Å². The summed E-state index contributed by atoms with van der Waals surface area (Å²) in [7, 11) is 0. The van der Waals surface area contributed by atoms with Gasteiger partial charge in [-0.05, 0) is 0 Å². The largest absolute Gasteiger partial charge is 0.566 e. The maximum Gasteiger partial charge on any atom is 0 e. The molecule has 66 valence electrons. The molecule has 0 rings (SSSR count). The van der Waals surface area contributed by atoms with Crippen molar-refractivity contribution in [3.05, 3.63) is 6.61 Å². The average molecular weight is 403 g/mol. The van der Waals surface area contributed by atoms with E-state index in [0.717, 1.165) is 12.8 Å². The van der Waals surface area contributed by atoms with Crippen molar-refractivity contribution in [1.82, 2.24) is 0 Å². The van der Waals surface area contributed by atoms with Gasteiger partial charge >= 0.3 is 0 Å². The summed E-state index contributed by atoms with van der Waals surface area (Å²) >= 11 is 0. The second-order valence-electron chi connectivity index (χ2n) is 2.39. The standard InChI is InChI=1S/C8H17O.Nb.Ta/c1-2-3-4-5-6-7-8-9;;/h8-9H,2-7H2,1H3;;/q-1;;. The molecule has 3 heteroatoms. The molecule has 0 aromatic carbocycles. The molecule has 0 amide bonds. The topological polar surface area (TPSA) is 20.2 Å². The van der Waals surface area contributed by atoms with Crippen molar-refractivity contribution in [2.45, 2.75) is 45.4 Å². The average Bonchev–Trinajstić information content (AvgIpc) is 1.89. The molecule has 0 spiro atoms. The van der Waals surface area contributed by atoms with E-state index in [0.29, 0.717) is 0 Å². The molecular formula is C8H17NbOTa-. The van der Waals surface area contributed by atoms with Crippen LogP contribution in [0.1, 0.15) is 45.4 Å². The summed E-state index contributed by atoms with van der Waals surface area (Å²) in [6.45, 7) is 3.46. The molecule has 0 bridgehead atoms. The predicted octanol–water partition coefficient (Wildman–Crippen LogP) is 2.88. The molecule has 0 fully saturated rings. The molecule has 0 aliphatic carbocycles. The molecule has 1 nitrogen and oxygen atoms in total. The third kappa shape index (κ3) is 18.4. The summed E-state index contributed by atoms with van der Waals surface area (Å²) in [5, 5.41) is 8.30. The van der Waals surface area contributed by atoms with Gasteiger partial charge in [0.25, 0.3) is 0 Å². The van der Waals surface area contributed by atoms with Gasteiger partial charge in [0, 0.05) is 44.8 Å². The van der Waals surface area contributed by atoms with E-state index >= 15 is 0 Å². The van der Waals surface area contributed by atoms with Gasteiger partial charge in [-0.2, -0.15) is 6.42 Å². The van der Waals surface area contributed by atoms with E-state index in [4.69, 9.17) is 5.11 Å². The van der Waals surface area contributed by atoms with Gasteiger partial charge in [0.15, 0.2) is 0 Å². The van der Waals surface area contributed by atoms with Gasteiger partial charge in [-0.15, -0.1) is 0 Å². The zero-order valence-electron chi connectivity index (χ0n) is 7.16. The van der Waals surface area contributed by atoms with Crippen molar-refractivity contribution in [1.29, 1.82) is 0 Å². The van der Waals surface area contributed by atoms with Crippen LogP contribution in [0.25, 0.3) is 0 Å². The van der Waals surface area contributed by atoms with Crippen molar-refractivity contribution < 1.29 is 49.9 Å². The molecule has 0 aliphatic heterocycles. The minimum absolute atomic E-state index is 0. The summed E-state index contributed by atoms with van der Waals surface area (Å²) in [6.07, 6.45) is 7.24. The van der Waals surface area contributed by atoms with E-state index in [1.165, 1.54) is 32.3 Å². The van der Waals surface area contributed by atoms with Gasteiger partial charge in [-0.3, -0.25) is 0 Å². The molecule has 0 atom stereocenters. The molecule has 0 aromatic rings. The number of hydrogen-bond acceptors (Lipinski definition) is 1. The number of aliphatic hydroxyl groups excluding tert-OH is 1. The summed E-state index contributed by atoms with van der Waals surface area (Å²) in [5.41, 5.74) is 0. The fourth-order valence-electron chi connectivity index (χ4n) is 0.839. The fourth-order valence-corrected chi connectivity index (χ4v) is 0.839. The van der Waals surface area contributed by atoms with Gasteiger partial charge in [-0.25, -0.2) is 6.61 Å². The Morgan fingerprint density at radius 2 is 1.64 bits per heavy atom. The second kappa shape index (κ2) is 17.5. The van der Waals surface area contributed by atoms with Crippen molar-refractivity contribution in [2.75, 3.05) is 0 Å². The van der Waals surface area contributed by atoms with Crippen LogP contribution in [0, 0.1) is 6.61 Å². The Balaban J connectivity index is -0.000000320. The molecular weight excluding hydrogens is 386 g/mol. The van der Waals surface area contributed by atoms with E-state index in [9.17, 15) is 0 Å².